The van der Waals surface area contributed by atoms with Crippen LogP contribution >= 0.6 is 0 Å². The van der Waals surface area contributed by atoms with Crippen LogP contribution in [-0.4, -0.2) is 39.9 Å². The molecule has 0 bridgehead atoms. The fourth-order valence-corrected chi connectivity index (χ4v) is 4.26. The SMILES string of the molecule is CC.CN(c1ccc2c(c1)nc(C(C)(C)C)n2CC1CCOCC1)S(=O)N/C=C\C(=N)N. The summed E-state index contributed by atoms with van der Waals surface area (Å²) >= 11 is -1.50. The van der Waals surface area contributed by atoms with Crippen LogP contribution in [0.15, 0.2) is 30.5 Å². The first-order chi connectivity index (χ1) is 15.2. The Balaban J connectivity index is 0.00000176. The van der Waals surface area contributed by atoms with Crippen molar-refractivity contribution in [2.45, 2.75) is 59.4 Å². The van der Waals surface area contributed by atoms with E-state index in [1.807, 2.05) is 26.0 Å². The van der Waals surface area contributed by atoms with Crippen LogP contribution in [0.5, 0.6) is 0 Å². The maximum Gasteiger partial charge on any atom is 0.222 e. The molecule has 0 saturated carbocycles. The number of hydrogen-bond donors (Lipinski definition) is 3. The predicted molar refractivity (Wildman–Crippen MR) is 134 cm³/mol. The number of benzene rings is 1. The number of nitrogens with two attached hydrogens (primary N) is 1. The number of anilines is 1. The number of nitrogens with one attached hydrogen (secondary N) is 2. The number of rotatable bonds is 7. The van der Waals surface area contributed by atoms with E-state index in [0.29, 0.717) is 5.92 Å². The molecule has 1 aromatic heterocycles. The van der Waals surface area contributed by atoms with Gasteiger partial charge in [-0.05, 0) is 43.0 Å². The number of aromatic nitrogens is 2. The Morgan fingerprint density at radius 2 is 2.03 bits per heavy atom. The summed E-state index contributed by atoms with van der Waals surface area (Å²) in [5.41, 5.74) is 7.97. The minimum atomic E-state index is -1.50. The van der Waals surface area contributed by atoms with Crippen LogP contribution in [0.25, 0.3) is 11.0 Å². The molecular formula is C23H38N6O2S. The average Bonchev–Trinajstić information content (AvgIpc) is 3.13. The summed E-state index contributed by atoms with van der Waals surface area (Å²) in [6, 6.07) is 6.00. The second kappa shape index (κ2) is 11.5. The zero-order valence-electron chi connectivity index (χ0n) is 20.1. The highest BCUT2D eigenvalue weighted by Gasteiger charge is 2.25. The second-order valence-corrected chi connectivity index (χ2v) is 9.96. The highest BCUT2D eigenvalue weighted by atomic mass is 32.2. The van der Waals surface area contributed by atoms with Crippen molar-refractivity contribution in [3.8, 4) is 0 Å². The van der Waals surface area contributed by atoms with Gasteiger partial charge in [0.1, 0.15) is 11.7 Å². The van der Waals surface area contributed by atoms with Gasteiger partial charge < -0.3 is 15.0 Å². The van der Waals surface area contributed by atoms with E-state index in [1.165, 1.54) is 12.3 Å². The van der Waals surface area contributed by atoms with E-state index in [2.05, 4.69) is 36.1 Å². The molecule has 0 radical (unpaired) electrons. The highest BCUT2D eigenvalue weighted by Crippen LogP contribution is 2.31. The first kappa shape index (κ1) is 25.9. The lowest BCUT2D eigenvalue weighted by molar-refractivity contribution is 0.0611. The third kappa shape index (κ3) is 6.56. The summed E-state index contributed by atoms with van der Waals surface area (Å²) < 4.78 is 24.7. The molecule has 9 heteroatoms. The molecule has 1 aliphatic rings. The number of ether oxygens (including phenoxy) is 1. The van der Waals surface area contributed by atoms with E-state index in [-0.39, 0.29) is 11.3 Å². The topological polar surface area (TPSA) is 109 Å². The van der Waals surface area contributed by atoms with E-state index in [1.54, 1.807) is 11.4 Å². The summed E-state index contributed by atoms with van der Waals surface area (Å²) in [6.45, 7) is 13.1. The second-order valence-electron chi connectivity index (χ2n) is 8.68. The van der Waals surface area contributed by atoms with Gasteiger partial charge in [-0.15, -0.1) is 0 Å². The van der Waals surface area contributed by atoms with Gasteiger partial charge in [-0.25, -0.2) is 9.19 Å². The molecule has 1 aliphatic heterocycles. The fourth-order valence-electron chi connectivity index (χ4n) is 3.62. The van der Waals surface area contributed by atoms with E-state index in [9.17, 15) is 4.21 Å². The molecule has 8 nitrogen and oxygen atoms in total. The monoisotopic (exact) mass is 462 g/mol. The van der Waals surface area contributed by atoms with Crippen molar-refractivity contribution in [3.05, 3.63) is 36.3 Å². The Morgan fingerprint density at radius 3 is 2.62 bits per heavy atom. The predicted octanol–water partition coefficient (Wildman–Crippen LogP) is 3.84. The quantitative estimate of drug-likeness (QED) is 0.429. The summed E-state index contributed by atoms with van der Waals surface area (Å²) in [6.07, 6.45) is 4.90. The van der Waals surface area contributed by atoms with Crippen molar-refractivity contribution in [2.24, 2.45) is 11.7 Å². The highest BCUT2D eigenvalue weighted by molar-refractivity contribution is 7.84. The minimum Gasteiger partial charge on any atom is -0.384 e. The Kier molecular flexibility index (Phi) is 9.27. The van der Waals surface area contributed by atoms with Gasteiger partial charge in [0.05, 0.1) is 16.7 Å². The third-order valence-corrected chi connectivity index (χ3v) is 6.27. The van der Waals surface area contributed by atoms with Gasteiger partial charge in [0.15, 0.2) is 0 Å². The molecule has 0 spiro atoms. The van der Waals surface area contributed by atoms with Crippen LogP contribution in [0.2, 0.25) is 0 Å². The molecule has 1 atom stereocenters. The van der Waals surface area contributed by atoms with Gasteiger partial charge in [-0.3, -0.25) is 14.4 Å². The molecule has 178 valence electrons. The summed E-state index contributed by atoms with van der Waals surface area (Å²) in [5, 5.41) is 7.19. The zero-order valence-corrected chi connectivity index (χ0v) is 21.0. The van der Waals surface area contributed by atoms with Crippen molar-refractivity contribution in [1.29, 1.82) is 5.41 Å². The molecule has 4 N–H and O–H groups in total. The number of fused-ring (bicyclic) bond motifs is 1. The normalized spacial score (nSPS) is 15.9. The molecule has 1 fully saturated rings. The van der Waals surface area contributed by atoms with E-state index >= 15 is 0 Å². The Morgan fingerprint density at radius 1 is 1.38 bits per heavy atom. The number of hydrogen-bond acceptors (Lipinski definition) is 4. The van der Waals surface area contributed by atoms with Gasteiger partial charge in [-0.1, -0.05) is 34.6 Å². The Bertz CT molecular complexity index is 957. The molecule has 3 rings (SSSR count). The van der Waals surface area contributed by atoms with Crippen molar-refractivity contribution in [2.75, 3.05) is 24.6 Å². The number of amidine groups is 1. The molecule has 32 heavy (non-hydrogen) atoms. The zero-order chi connectivity index (χ0) is 23.9. The lowest BCUT2D eigenvalue weighted by Crippen LogP contribution is -2.29. The van der Waals surface area contributed by atoms with Crippen LogP contribution in [0.4, 0.5) is 5.69 Å². The molecule has 1 unspecified atom stereocenters. The fraction of sp³-hybridized carbons (Fsp3) is 0.565. The molecule has 1 aromatic carbocycles. The molecule has 0 aliphatic carbocycles. The molecule has 0 amide bonds. The maximum atomic E-state index is 12.5. The molecule has 2 heterocycles. The van der Waals surface area contributed by atoms with E-state index in [0.717, 1.165) is 55.1 Å². The van der Waals surface area contributed by atoms with Gasteiger partial charge in [0, 0.05) is 38.4 Å². The molecular weight excluding hydrogens is 424 g/mol. The van der Waals surface area contributed by atoms with Gasteiger partial charge in [0.2, 0.25) is 11.2 Å². The smallest absolute Gasteiger partial charge is 0.222 e. The minimum absolute atomic E-state index is 0.0852. The first-order valence-corrected chi connectivity index (χ1v) is 12.3. The van der Waals surface area contributed by atoms with E-state index < -0.39 is 11.2 Å². The van der Waals surface area contributed by atoms with Crippen LogP contribution in [0.3, 0.4) is 0 Å². The van der Waals surface area contributed by atoms with Crippen LogP contribution in [-0.2, 0) is 27.9 Å². The summed E-state index contributed by atoms with van der Waals surface area (Å²) in [5.74, 6) is 1.55. The lowest BCUT2D eigenvalue weighted by atomic mass is 9.94. The lowest BCUT2D eigenvalue weighted by Gasteiger charge is -2.26. The standard InChI is InChI=1S/C21H32N6O2S.C2H6/c1-21(2,3)20-25-17-13-16(26(4)30(28)24-10-7-19(22)23)5-6-18(17)27(20)14-15-8-11-29-12-9-15;1-2/h5-7,10,13,15,24H,8-9,11-12,14H2,1-4H3,(H3,22,23);1-2H3/b10-7-;. The third-order valence-electron chi connectivity index (χ3n) is 5.23. The summed E-state index contributed by atoms with van der Waals surface area (Å²) in [4.78, 5) is 4.96. The Labute approximate surface area is 194 Å². The van der Waals surface area contributed by atoms with Crippen LogP contribution in [0, 0.1) is 11.3 Å². The van der Waals surface area contributed by atoms with E-state index in [4.69, 9.17) is 20.9 Å². The molecule has 1 saturated heterocycles. The molecule has 2 aromatic rings. The summed E-state index contributed by atoms with van der Waals surface area (Å²) in [7, 11) is 1.75. The van der Waals surface area contributed by atoms with Crippen molar-refractivity contribution in [3.63, 3.8) is 0 Å². The average molecular weight is 463 g/mol. The van der Waals surface area contributed by atoms with Crippen molar-refractivity contribution in [1.82, 2.24) is 14.3 Å². The number of nitrogens with zero attached hydrogens (tertiary/aromatic N) is 3. The van der Waals surface area contributed by atoms with Gasteiger partial charge in [-0.2, -0.15) is 0 Å². The number of imidazole rings is 1. The van der Waals surface area contributed by atoms with Crippen molar-refractivity contribution < 1.29 is 8.95 Å². The first-order valence-electron chi connectivity index (χ1n) is 11.2. The largest absolute Gasteiger partial charge is 0.384 e. The van der Waals surface area contributed by atoms with Gasteiger partial charge in [0.25, 0.3) is 0 Å². The van der Waals surface area contributed by atoms with Crippen LogP contribution in [0.1, 0.15) is 53.3 Å². The Hall–Kier alpha value is -2.39. The van der Waals surface area contributed by atoms with Crippen LogP contribution < -0.4 is 14.8 Å². The van der Waals surface area contributed by atoms with Crippen molar-refractivity contribution >= 4 is 33.7 Å². The van der Waals surface area contributed by atoms with Gasteiger partial charge >= 0.3 is 0 Å². The maximum absolute atomic E-state index is 12.5.